The van der Waals surface area contributed by atoms with E-state index in [9.17, 15) is 9.59 Å². The van der Waals surface area contributed by atoms with Crippen LogP contribution in [0.1, 0.15) is 12.0 Å². The molecule has 0 heterocycles. The molecule has 26 heavy (non-hydrogen) atoms. The largest absolute Gasteiger partial charge is 0.484 e. The van der Waals surface area contributed by atoms with Crippen LogP contribution in [-0.4, -0.2) is 43.0 Å². The van der Waals surface area contributed by atoms with E-state index in [4.69, 9.17) is 10.5 Å². The number of para-hydroxylation sites is 1. The van der Waals surface area contributed by atoms with Crippen LogP contribution < -0.4 is 15.8 Å². The van der Waals surface area contributed by atoms with Crippen LogP contribution in [0.25, 0.3) is 0 Å². The number of amides is 2. The van der Waals surface area contributed by atoms with Crippen LogP contribution in [0, 0.1) is 0 Å². The zero-order valence-corrected chi connectivity index (χ0v) is 14.8. The van der Waals surface area contributed by atoms with E-state index in [1.165, 1.54) is 0 Å². The van der Waals surface area contributed by atoms with Gasteiger partial charge in [0.25, 0.3) is 5.91 Å². The molecule has 2 aromatic carbocycles. The molecule has 0 bridgehead atoms. The van der Waals surface area contributed by atoms with E-state index in [1.807, 2.05) is 48.5 Å². The molecule has 138 valence electrons. The third-order valence-electron chi connectivity index (χ3n) is 3.75. The van der Waals surface area contributed by atoms with Gasteiger partial charge in [-0.3, -0.25) is 9.59 Å². The Kier molecular flexibility index (Phi) is 8.15. The summed E-state index contributed by atoms with van der Waals surface area (Å²) in [4.78, 5) is 26.1. The molecule has 0 radical (unpaired) electrons. The van der Waals surface area contributed by atoms with E-state index >= 15 is 0 Å². The van der Waals surface area contributed by atoms with Gasteiger partial charge < -0.3 is 20.7 Å². The molecule has 0 unspecified atom stereocenters. The van der Waals surface area contributed by atoms with Crippen molar-refractivity contribution in [3.63, 3.8) is 0 Å². The van der Waals surface area contributed by atoms with E-state index in [1.54, 1.807) is 17.0 Å². The normalized spacial score (nSPS) is 10.2. The minimum absolute atomic E-state index is 0.0611. The first-order valence-corrected chi connectivity index (χ1v) is 8.65. The molecule has 0 aliphatic rings. The van der Waals surface area contributed by atoms with Crippen LogP contribution >= 0.6 is 0 Å². The fourth-order valence-corrected chi connectivity index (χ4v) is 2.38. The van der Waals surface area contributed by atoms with Gasteiger partial charge in [0.05, 0.1) is 6.54 Å². The fourth-order valence-electron chi connectivity index (χ4n) is 2.38. The molecule has 2 aromatic rings. The van der Waals surface area contributed by atoms with Gasteiger partial charge in [0, 0.05) is 13.1 Å². The highest BCUT2D eigenvalue weighted by Crippen LogP contribution is 2.08. The lowest BCUT2D eigenvalue weighted by molar-refractivity contribution is -0.133. The Morgan fingerprint density at radius 3 is 2.31 bits per heavy atom. The molecule has 2 amide bonds. The van der Waals surface area contributed by atoms with Gasteiger partial charge in [-0.2, -0.15) is 0 Å². The number of hydrogen-bond donors (Lipinski definition) is 2. The zero-order valence-electron chi connectivity index (χ0n) is 14.8. The summed E-state index contributed by atoms with van der Waals surface area (Å²) in [6.07, 6.45) is 0.712. The van der Waals surface area contributed by atoms with Crippen LogP contribution in [-0.2, 0) is 16.1 Å². The van der Waals surface area contributed by atoms with E-state index in [2.05, 4.69) is 5.32 Å². The molecule has 2 rings (SSSR count). The average molecular weight is 355 g/mol. The Hall–Kier alpha value is -2.86. The maximum atomic E-state index is 12.5. The molecule has 0 aromatic heterocycles. The number of nitrogens with zero attached hydrogens (tertiary/aromatic N) is 1. The van der Waals surface area contributed by atoms with E-state index in [0.29, 0.717) is 31.8 Å². The number of nitrogens with two attached hydrogens (primary N) is 1. The summed E-state index contributed by atoms with van der Waals surface area (Å²) in [5.74, 6) is 0.138. The molecule has 6 nitrogen and oxygen atoms in total. The van der Waals surface area contributed by atoms with Gasteiger partial charge in [0.2, 0.25) is 5.91 Å². The maximum absolute atomic E-state index is 12.5. The second kappa shape index (κ2) is 10.9. The molecule has 0 saturated heterocycles. The second-order valence-electron chi connectivity index (χ2n) is 5.82. The fraction of sp³-hybridized carbons (Fsp3) is 0.300. The van der Waals surface area contributed by atoms with Crippen LogP contribution in [0.3, 0.4) is 0 Å². The molecule has 0 spiro atoms. The van der Waals surface area contributed by atoms with Crippen molar-refractivity contribution in [1.29, 1.82) is 0 Å². The first kappa shape index (κ1) is 19.5. The van der Waals surface area contributed by atoms with E-state index in [0.717, 1.165) is 5.56 Å². The minimum atomic E-state index is -0.333. The lowest BCUT2D eigenvalue weighted by atomic mass is 10.2. The Balaban J connectivity index is 1.80. The predicted molar refractivity (Wildman–Crippen MR) is 100 cm³/mol. The molecular weight excluding hydrogens is 330 g/mol. The Bertz CT molecular complexity index is 677. The topological polar surface area (TPSA) is 84.7 Å². The molecule has 0 atom stereocenters. The van der Waals surface area contributed by atoms with Crippen LogP contribution in [0.5, 0.6) is 5.75 Å². The van der Waals surface area contributed by atoms with Crippen LogP contribution in [0.4, 0.5) is 0 Å². The zero-order chi connectivity index (χ0) is 18.6. The predicted octanol–water partition coefficient (Wildman–Crippen LogP) is 1.56. The Morgan fingerprint density at radius 2 is 1.65 bits per heavy atom. The van der Waals surface area contributed by atoms with Crippen molar-refractivity contribution in [2.75, 3.05) is 26.2 Å². The second-order valence-corrected chi connectivity index (χ2v) is 5.82. The highest BCUT2D eigenvalue weighted by molar-refractivity contribution is 5.85. The van der Waals surface area contributed by atoms with Crippen molar-refractivity contribution in [2.45, 2.75) is 13.0 Å². The number of rotatable bonds is 10. The van der Waals surface area contributed by atoms with Gasteiger partial charge in [-0.15, -0.1) is 0 Å². The first-order valence-electron chi connectivity index (χ1n) is 8.65. The third kappa shape index (κ3) is 6.94. The van der Waals surface area contributed by atoms with Gasteiger partial charge in [-0.25, -0.2) is 0 Å². The smallest absolute Gasteiger partial charge is 0.258 e. The summed E-state index contributed by atoms with van der Waals surface area (Å²) < 4.78 is 5.37. The summed E-state index contributed by atoms with van der Waals surface area (Å²) >= 11 is 0. The molecule has 0 aliphatic carbocycles. The summed E-state index contributed by atoms with van der Waals surface area (Å²) in [7, 11) is 0. The maximum Gasteiger partial charge on any atom is 0.258 e. The Labute approximate surface area is 153 Å². The van der Waals surface area contributed by atoms with Gasteiger partial charge in [0.15, 0.2) is 6.61 Å². The lowest BCUT2D eigenvalue weighted by Gasteiger charge is -2.23. The lowest BCUT2D eigenvalue weighted by Crippen LogP contribution is -2.42. The highest BCUT2D eigenvalue weighted by Gasteiger charge is 2.15. The van der Waals surface area contributed by atoms with Gasteiger partial charge >= 0.3 is 0 Å². The summed E-state index contributed by atoms with van der Waals surface area (Å²) in [6, 6.07) is 18.8. The number of carbonyl (C=O) groups is 2. The monoisotopic (exact) mass is 355 g/mol. The molecule has 6 heteroatoms. The van der Waals surface area contributed by atoms with Crippen molar-refractivity contribution < 1.29 is 14.3 Å². The van der Waals surface area contributed by atoms with E-state index < -0.39 is 0 Å². The van der Waals surface area contributed by atoms with Crippen molar-refractivity contribution in [2.24, 2.45) is 5.73 Å². The van der Waals surface area contributed by atoms with Crippen molar-refractivity contribution in [3.8, 4) is 5.75 Å². The van der Waals surface area contributed by atoms with Crippen molar-refractivity contribution in [1.82, 2.24) is 10.2 Å². The standard InChI is InChI=1S/C20H25N3O3/c21-12-7-13-23(15-17-8-3-1-4-9-17)20(25)14-22-19(24)16-26-18-10-5-2-6-11-18/h1-6,8-11H,7,12-16,21H2,(H,22,24). The van der Waals surface area contributed by atoms with Crippen LogP contribution in [0.15, 0.2) is 60.7 Å². The summed E-state index contributed by atoms with van der Waals surface area (Å²) in [5.41, 5.74) is 6.60. The number of nitrogens with one attached hydrogen (secondary N) is 1. The summed E-state index contributed by atoms with van der Waals surface area (Å²) in [6.45, 7) is 1.37. The van der Waals surface area contributed by atoms with Gasteiger partial charge in [0.1, 0.15) is 5.75 Å². The minimum Gasteiger partial charge on any atom is -0.484 e. The molecule has 0 fully saturated rings. The third-order valence-corrected chi connectivity index (χ3v) is 3.75. The molecule has 0 saturated carbocycles. The molecule has 0 aliphatic heterocycles. The number of carbonyl (C=O) groups excluding carboxylic acids is 2. The van der Waals surface area contributed by atoms with Gasteiger partial charge in [-0.1, -0.05) is 48.5 Å². The quantitative estimate of drug-likeness (QED) is 0.677. The van der Waals surface area contributed by atoms with Gasteiger partial charge in [-0.05, 0) is 30.7 Å². The summed E-state index contributed by atoms with van der Waals surface area (Å²) in [5, 5.41) is 2.61. The SMILES string of the molecule is NCCCN(Cc1ccccc1)C(=O)CNC(=O)COc1ccccc1. The Morgan fingerprint density at radius 1 is 1.00 bits per heavy atom. The van der Waals surface area contributed by atoms with Crippen LogP contribution in [0.2, 0.25) is 0 Å². The van der Waals surface area contributed by atoms with Crippen molar-refractivity contribution >= 4 is 11.8 Å². The number of ether oxygens (including phenoxy) is 1. The number of benzene rings is 2. The average Bonchev–Trinajstić information content (AvgIpc) is 2.69. The molecule has 3 N–H and O–H groups in total. The number of hydrogen-bond acceptors (Lipinski definition) is 4. The first-order chi connectivity index (χ1) is 12.7. The van der Waals surface area contributed by atoms with Crippen molar-refractivity contribution in [3.05, 3.63) is 66.2 Å². The van der Waals surface area contributed by atoms with E-state index in [-0.39, 0.29) is 25.0 Å². The highest BCUT2D eigenvalue weighted by atomic mass is 16.5. The molecular formula is C20H25N3O3.